The minimum absolute atomic E-state index is 0. The van der Waals surface area contributed by atoms with Crippen molar-refractivity contribution >= 4 is 36.4 Å². The van der Waals surface area contributed by atoms with E-state index in [1.165, 1.54) is 23.6 Å². The van der Waals surface area contributed by atoms with Gasteiger partial charge in [0, 0.05) is 18.1 Å². The highest BCUT2D eigenvalue weighted by atomic mass is 35.5. The molecule has 5 nitrogen and oxygen atoms in total. The maximum absolute atomic E-state index is 14.0. The third kappa shape index (κ3) is 5.49. The number of benzene rings is 1. The quantitative estimate of drug-likeness (QED) is 0.832. The lowest BCUT2D eigenvalue weighted by Gasteiger charge is -2.08. The maximum Gasteiger partial charge on any atom is 0.238 e. The van der Waals surface area contributed by atoms with E-state index < -0.39 is 5.82 Å². The van der Waals surface area contributed by atoms with E-state index in [1.807, 2.05) is 0 Å². The predicted molar refractivity (Wildman–Crippen MR) is 92.2 cm³/mol. The molecule has 0 aliphatic heterocycles. The van der Waals surface area contributed by atoms with Gasteiger partial charge in [-0.25, -0.2) is 9.07 Å². The second kappa shape index (κ2) is 8.86. The highest BCUT2D eigenvalue weighted by Crippen LogP contribution is 2.27. The summed E-state index contributed by atoms with van der Waals surface area (Å²) in [5, 5.41) is 9.75. The number of rotatable bonds is 6. The molecule has 0 unspecified atom stereocenters. The first kappa shape index (κ1) is 19.4. The summed E-state index contributed by atoms with van der Waals surface area (Å²) in [5.74, 6) is 0.132. The summed E-state index contributed by atoms with van der Waals surface area (Å²) in [6.45, 7) is 1.12. The van der Waals surface area contributed by atoms with Crippen LogP contribution in [-0.2, 0) is 4.79 Å². The van der Waals surface area contributed by atoms with Gasteiger partial charge in [-0.05, 0) is 49.6 Å². The van der Waals surface area contributed by atoms with Gasteiger partial charge in [-0.3, -0.25) is 4.79 Å². The van der Waals surface area contributed by atoms with E-state index in [1.54, 1.807) is 30.6 Å². The first-order valence-electron chi connectivity index (χ1n) is 7.02. The number of nitrogens with zero attached hydrogens (tertiary/aromatic N) is 2. The summed E-state index contributed by atoms with van der Waals surface area (Å²) in [4.78, 5) is 11.7. The Labute approximate surface area is 146 Å². The molecule has 1 amide bonds. The van der Waals surface area contributed by atoms with Crippen LogP contribution >= 0.6 is 24.8 Å². The van der Waals surface area contributed by atoms with Crippen molar-refractivity contribution in [2.75, 3.05) is 18.4 Å². The van der Waals surface area contributed by atoms with Gasteiger partial charge in [0.2, 0.25) is 5.91 Å². The van der Waals surface area contributed by atoms with Gasteiger partial charge in [-0.2, -0.15) is 5.10 Å². The van der Waals surface area contributed by atoms with Crippen LogP contribution in [0.4, 0.5) is 10.1 Å². The largest absolute Gasteiger partial charge is 0.325 e. The molecule has 2 aromatic rings. The Balaban J connectivity index is 0.00000132. The fourth-order valence-electron chi connectivity index (χ4n) is 2.10. The molecule has 23 heavy (non-hydrogen) atoms. The number of halogens is 3. The number of nitrogens with one attached hydrogen (secondary N) is 2. The normalized spacial score (nSPS) is 12.9. The molecule has 1 saturated carbocycles. The molecule has 1 fully saturated rings. The van der Waals surface area contributed by atoms with Crippen molar-refractivity contribution in [3.05, 3.63) is 42.5 Å². The Morgan fingerprint density at radius 1 is 1.35 bits per heavy atom. The van der Waals surface area contributed by atoms with Crippen LogP contribution in [0.25, 0.3) is 5.69 Å². The van der Waals surface area contributed by atoms with Gasteiger partial charge in [-0.15, -0.1) is 24.8 Å². The van der Waals surface area contributed by atoms with Crippen LogP contribution in [-0.4, -0.2) is 28.8 Å². The molecule has 126 valence electrons. The second-order valence-corrected chi connectivity index (χ2v) is 5.24. The summed E-state index contributed by atoms with van der Waals surface area (Å²) in [7, 11) is 0. The molecule has 1 aromatic heterocycles. The molecule has 1 heterocycles. The molecular formula is C15H19Cl2FN4O. The van der Waals surface area contributed by atoms with Gasteiger partial charge in [0.05, 0.1) is 6.54 Å². The lowest BCUT2D eigenvalue weighted by atomic mass is 10.2. The number of hydrogen-bond donors (Lipinski definition) is 2. The Morgan fingerprint density at radius 2 is 2.13 bits per heavy atom. The number of anilines is 1. The number of carbonyl (C=O) groups is 1. The Kier molecular flexibility index (Phi) is 7.48. The molecule has 1 aromatic carbocycles. The molecule has 0 bridgehead atoms. The zero-order valence-corrected chi connectivity index (χ0v) is 14.0. The van der Waals surface area contributed by atoms with Gasteiger partial charge >= 0.3 is 0 Å². The standard InChI is InChI=1S/C15H17FN4O.2ClH/c16-13-8-12(4-5-14(13)20-7-1-6-18-20)19-15(21)10-17-9-11-2-3-11;;/h1,4-8,11,17H,2-3,9-10H2,(H,19,21);2*1H. The lowest BCUT2D eigenvalue weighted by molar-refractivity contribution is -0.115. The third-order valence-corrected chi connectivity index (χ3v) is 3.40. The minimum Gasteiger partial charge on any atom is -0.325 e. The maximum atomic E-state index is 14.0. The molecule has 8 heteroatoms. The molecule has 1 aliphatic rings. The first-order chi connectivity index (χ1) is 10.2. The highest BCUT2D eigenvalue weighted by Gasteiger charge is 2.20. The molecule has 0 atom stereocenters. The third-order valence-electron chi connectivity index (χ3n) is 3.40. The SMILES string of the molecule is Cl.Cl.O=C(CNCC1CC1)Nc1ccc(-n2cccn2)c(F)c1. The minimum atomic E-state index is -0.428. The Hall–Kier alpha value is -1.63. The van der Waals surface area contributed by atoms with Crippen molar-refractivity contribution in [2.45, 2.75) is 12.8 Å². The molecule has 0 spiro atoms. The zero-order chi connectivity index (χ0) is 14.7. The summed E-state index contributed by atoms with van der Waals surface area (Å²) in [6, 6.07) is 6.28. The van der Waals surface area contributed by atoms with Crippen molar-refractivity contribution < 1.29 is 9.18 Å². The monoisotopic (exact) mass is 360 g/mol. The van der Waals surface area contributed by atoms with Gasteiger partial charge in [-0.1, -0.05) is 0 Å². The molecule has 3 rings (SSSR count). The van der Waals surface area contributed by atoms with Gasteiger partial charge in [0.1, 0.15) is 5.69 Å². The van der Waals surface area contributed by atoms with Crippen LogP contribution in [0, 0.1) is 11.7 Å². The van der Waals surface area contributed by atoms with E-state index in [2.05, 4.69) is 15.7 Å². The van der Waals surface area contributed by atoms with E-state index in [0.29, 0.717) is 11.4 Å². The predicted octanol–water partition coefficient (Wildman–Crippen LogP) is 2.79. The van der Waals surface area contributed by atoms with Gasteiger partial charge in [0.25, 0.3) is 0 Å². The van der Waals surface area contributed by atoms with Gasteiger partial charge in [0.15, 0.2) is 5.82 Å². The van der Waals surface area contributed by atoms with Crippen molar-refractivity contribution in [1.82, 2.24) is 15.1 Å². The van der Waals surface area contributed by atoms with E-state index in [0.717, 1.165) is 12.5 Å². The first-order valence-corrected chi connectivity index (χ1v) is 7.02. The topological polar surface area (TPSA) is 59.0 Å². The Bertz CT molecular complexity index is 632. The second-order valence-electron chi connectivity index (χ2n) is 5.24. The van der Waals surface area contributed by atoms with Crippen LogP contribution in [0.5, 0.6) is 0 Å². The average Bonchev–Trinajstić information content (AvgIpc) is 3.11. The molecule has 0 radical (unpaired) electrons. The fourth-order valence-corrected chi connectivity index (χ4v) is 2.10. The summed E-state index contributed by atoms with van der Waals surface area (Å²) < 4.78 is 15.4. The van der Waals surface area contributed by atoms with Crippen LogP contribution in [0.3, 0.4) is 0 Å². The smallest absolute Gasteiger partial charge is 0.238 e. The van der Waals surface area contributed by atoms with Crippen LogP contribution in [0.15, 0.2) is 36.7 Å². The molecule has 2 N–H and O–H groups in total. The van der Waals surface area contributed by atoms with E-state index >= 15 is 0 Å². The fraction of sp³-hybridized carbons (Fsp3) is 0.333. The van der Waals surface area contributed by atoms with Crippen molar-refractivity contribution in [1.29, 1.82) is 0 Å². The van der Waals surface area contributed by atoms with E-state index in [9.17, 15) is 9.18 Å². The average molecular weight is 361 g/mol. The Morgan fingerprint density at radius 3 is 2.74 bits per heavy atom. The van der Waals surface area contributed by atoms with E-state index in [4.69, 9.17) is 0 Å². The highest BCUT2D eigenvalue weighted by molar-refractivity contribution is 5.92. The number of hydrogen-bond acceptors (Lipinski definition) is 3. The summed E-state index contributed by atoms with van der Waals surface area (Å²) in [6.07, 6.45) is 5.74. The number of amides is 1. The van der Waals surface area contributed by atoms with Gasteiger partial charge < -0.3 is 10.6 Å². The molecule has 1 aliphatic carbocycles. The number of carbonyl (C=O) groups excluding carboxylic acids is 1. The van der Waals surface area contributed by atoms with Crippen LogP contribution in [0.2, 0.25) is 0 Å². The van der Waals surface area contributed by atoms with Crippen LogP contribution < -0.4 is 10.6 Å². The molecule has 0 saturated heterocycles. The summed E-state index contributed by atoms with van der Waals surface area (Å²) in [5.41, 5.74) is 0.798. The zero-order valence-electron chi connectivity index (χ0n) is 12.4. The van der Waals surface area contributed by atoms with Crippen molar-refractivity contribution in [3.8, 4) is 5.69 Å². The molecular weight excluding hydrogens is 342 g/mol. The van der Waals surface area contributed by atoms with Crippen molar-refractivity contribution in [3.63, 3.8) is 0 Å². The number of aromatic nitrogens is 2. The van der Waals surface area contributed by atoms with Crippen LogP contribution in [0.1, 0.15) is 12.8 Å². The lowest BCUT2D eigenvalue weighted by Crippen LogP contribution is -2.29. The van der Waals surface area contributed by atoms with Crippen molar-refractivity contribution in [2.24, 2.45) is 5.92 Å². The summed E-state index contributed by atoms with van der Waals surface area (Å²) >= 11 is 0. The van der Waals surface area contributed by atoms with E-state index in [-0.39, 0.29) is 37.3 Å².